The van der Waals surface area contributed by atoms with E-state index in [0.717, 1.165) is 5.56 Å². The van der Waals surface area contributed by atoms with Gasteiger partial charge in [0.1, 0.15) is 17.9 Å². The average molecular weight is 398 g/mol. The van der Waals surface area contributed by atoms with Crippen LogP contribution in [0.2, 0.25) is 0 Å². The summed E-state index contributed by atoms with van der Waals surface area (Å²) >= 11 is 0. The molecule has 29 heavy (non-hydrogen) atoms. The van der Waals surface area contributed by atoms with Crippen molar-refractivity contribution >= 4 is 23.9 Å². The zero-order chi connectivity index (χ0) is 21.2. The topological polar surface area (TPSA) is 95.5 Å². The molecular formula is C22H23FN2O4. The molecule has 0 bridgehead atoms. The summed E-state index contributed by atoms with van der Waals surface area (Å²) in [6, 6.07) is 13.0. The number of rotatable bonds is 9. The van der Waals surface area contributed by atoms with E-state index in [0.29, 0.717) is 0 Å². The minimum atomic E-state index is -1.21. The van der Waals surface area contributed by atoms with Crippen molar-refractivity contribution in [1.29, 1.82) is 0 Å². The van der Waals surface area contributed by atoms with Gasteiger partial charge in [-0.1, -0.05) is 60.7 Å². The summed E-state index contributed by atoms with van der Waals surface area (Å²) in [6.45, 7) is 1.24. The van der Waals surface area contributed by atoms with Crippen molar-refractivity contribution in [1.82, 2.24) is 10.6 Å². The number of benzene rings is 2. The maximum Gasteiger partial charge on any atom is 0.326 e. The van der Waals surface area contributed by atoms with Crippen LogP contribution in [-0.2, 0) is 20.8 Å². The van der Waals surface area contributed by atoms with E-state index in [9.17, 15) is 23.9 Å². The Kier molecular flexibility index (Phi) is 8.09. The van der Waals surface area contributed by atoms with Gasteiger partial charge in [0.15, 0.2) is 0 Å². The van der Waals surface area contributed by atoms with Gasteiger partial charge in [-0.2, -0.15) is 0 Å². The first-order valence-electron chi connectivity index (χ1n) is 9.12. The van der Waals surface area contributed by atoms with E-state index < -0.39 is 35.7 Å². The Morgan fingerprint density at radius 1 is 1.00 bits per heavy atom. The van der Waals surface area contributed by atoms with Crippen LogP contribution in [0.1, 0.15) is 24.5 Å². The zero-order valence-corrected chi connectivity index (χ0v) is 16.0. The Morgan fingerprint density at radius 3 is 2.28 bits per heavy atom. The molecule has 2 rings (SSSR count). The first kappa shape index (κ1) is 21.8. The second kappa shape index (κ2) is 10.8. The van der Waals surface area contributed by atoms with E-state index in [-0.39, 0.29) is 18.4 Å². The van der Waals surface area contributed by atoms with Gasteiger partial charge in [0.25, 0.3) is 0 Å². The number of hydrogen-bond donors (Lipinski definition) is 3. The molecule has 3 N–H and O–H groups in total. The Labute approximate surface area is 168 Å². The van der Waals surface area contributed by atoms with Crippen molar-refractivity contribution in [2.45, 2.75) is 31.8 Å². The van der Waals surface area contributed by atoms with Crippen molar-refractivity contribution in [3.63, 3.8) is 0 Å². The number of carbonyl (C=O) groups excluding carboxylic acids is 2. The van der Waals surface area contributed by atoms with Crippen LogP contribution in [0, 0.1) is 5.82 Å². The number of carbonyl (C=O) groups is 3. The summed E-state index contributed by atoms with van der Waals surface area (Å²) in [5, 5.41) is 14.3. The number of halogens is 1. The third kappa shape index (κ3) is 7.21. The predicted octanol–water partition coefficient (Wildman–Crippen LogP) is 2.55. The maximum atomic E-state index is 13.9. The van der Waals surface area contributed by atoms with E-state index >= 15 is 0 Å². The number of hydrogen-bond acceptors (Lipinski definition) is 3. The molecule has 152 valence electrons. The first-order valence-corrected chi connectivity index (χ1v) is 9.12. The van der Waals surface area contributed by atoms with Gasteiger partial charge in [-0.3, -0.25) is 9.59 Å². The molecule has 0 aliphatic heterocycles. The lowest BCUT2D eigenvalue weighted by Crippen LogP contribution is -2.52. The molecule has 0 heterocycles. The highest BCUT2D eigenvalue weighted by molar-refractivity contribution is 5.90. The summed E-state index contributed by atoms with van der Waals surface area (Å²) < 4.78 is 13.9. The van der Waals surface area contributed by atoms with Crippen LogP contribution in [0.4, 0.5) is 4.39 Å². The second-order valence-electron chi connectivity index (χ2n) is 6.50. The summed E-state index contributed by atoms with van der Waals surface area (Å²) in [5.41, 5.74) is 1.15. The van der Waals surface area contributed by atoms with E-state index in [1.807, 2.05) is 30.3 Å². The average Bonchev–Trinajstić information content (AvgIpc) is 2.68. The third-order valence-corrected chi connectivity index (χ3v) is 4.17. The Morgan fingerprint density at radius 2 is 1.66 bits per heavy atom. The number of aliphatic carboxylic acids is 1. The smallest absolute Gasteiger partial charge is 0.326 e. The fourth-order valence-corrected chi connectivity index (χ4v) is 2.74. The molecule has 0 saturated carbocycles. The fourth-order valence-electron chi connectivity index (χ4n) is 2.74. The van der Waals surface area contributed by atoms with Crippen LogP contribution in [0.5, 0.6) is 0 Å². The molecule has 0 radical (unpaired) electrons. The highest BCUT2D eigenvalue weighted by Crippen LogP contribution is 2.10. The largest absolute Gasteiger partial charge is 0.480 e. The van der Waals surface area contributed by atoms with Crippen molar-refractivity contribution < 1.29 is 23.9 Å². The lowest BCUT2D eigenvalue weighted by atomic mass is 10.0. The predicted molar refractivity (Wildman–Crippen MR) is 107 cm³/mol. The number of amides is 2. The Hall–Kier alpha value is -3.48. The van der Waals surface area contributed by atoms with Crippen LogP contribution in [0.15, 0.2) is 60.7 Å². The van der Waals surface area contributed by atoms with Gasteiger partial charge in [-0.05, 0) is 23.6 Å². The van der Waals surface area contributed by atoms with Crippen LogP contribution in [-0.4, -0.2) is 35.0 Å². The molecule has 2 amide bonds. The molecule has 0 unspecified atom stereocenters. The van der Waals surface area contributed by atoms with Crippen molar-refractivity contribution in [2.24, 2.45) is 0 Å². The van der Waals surface area contributed by atoms with Crippen LogP contribution >= 0.6 is 0 Å². The van der Waals surface area contributed by atoms with Gasteiger partial charge >= 0.3 is 5.97 Å². The van der Waals surface area contributed by atoms with Crippen LogP contribution in [0.3, 0.4) is 0 Å². The molecule has 0 aliphatic rings. The monoisotopic (exact) mass is 398 g/mol. The molecular weight excluding hydrogens is 375 g/mol. The van der Waals surface area contributed by atoms with Crippen LogP contribution in [0.25, 0.3) is 6.08 Å². The van der Waals surface area contributed by atoms with Gasteiger partial charge < -0.3 is 15.7 Å². The molecule has 2 aromatic carbocycles. The summed E-state index contributed by atoms with van der Waals surface area (Å²) in [4.78, 5) is 35.6. The van der Waals surface area contributed by atoms with Gasteiger partial charge in [0.2, 0.25) is 11.8 Å². The molecule has 0 spiro atoms. The van der Waals surface area contributed by atoms with Crippen molar-refractivity contribution in [3.05, 3.63) is 77.6 Å². The fraction of sp³-hybridized carbons (Fsp3) is 0.227. The molecule has 6 nitrogen and oxygen atoms in total. The summed E-state index contributed by atoms with van der Waals surface area (Å²) in [7, 11) is 0. The number of carboxylic acids is 1. The standard InChI is InChI=1S/C22H23FN2O4/c1-15(26)24-20(14-17-11-5-6-12-18(17)23)21(27)25-19(22(28)29)13-7-10-16-8-3-2-4-9-16/h2-12,19-20H,13-14H2,1H3,(H,24,26)(H,25,27)(H,28,29)/b10-7+/t19-,20-/m0/s1. The normalized spacial score (nSPS) is 12.9. The highest BCUT2D eigenvalue weighted by atomic mass is 19.1. The van der Waals surface area contributed by atoms with Gasteiger partial charge in [-0.25, -0.2) is 9.18 Å². The summed E-state index contributed by atoms with van der Waals surface area (Å²) in [6.07, 6.45) is 3.37. The second-order valence-corrected chi connectivity index (χ2v) is 6.50. The SMILES string of the molecule is CC(=O)N[C@@H](Cc1ccccc1F)C(=O)N[C@@H](C/C=C/c1ccccc1)C(=O)O. The lowest BCUT2D eigenvalue weighted by Gasteiger charge is -2.20. The molecule has 0 aliphatic carbocycles. The first-order chi connectivity index (χ1) is 13.9. The van der Waals surface area contributed by atoms with Gasteiger partial charge in [-0.15, -0.1) is 0 Å². The minimum absolute atomic E-state index is 0.0580. The Balaban J connectivity index is 2.07. The molecule has 2 aromatic rings. The Bertz CT molecular complexity index is 883. The van der Waals surface area contributed by atoms with Gasteiger partial charge in [0, 0.05) is 13.3 Å². The molecule has 2 atom stereocenters. The van der Waals surface area contributed by atoms with E-state index in [1.54, 1.807) is 18.2 Å². The zero-order valence-electron chi connectivity index (χ0n) is 16.0. The molecule has 0 saturated heterocycles. The maximum absolute atomic E-state index is 13.9. The van der Waals surface area contributed by atoms with E-state index in [4.69, 9.17) is 0 Å². The third-order valence-electron chi connectivity index (χ3n) is 4.17. The molecule has 0 aromatic heterocycles. The summed E-state index contributed by atoms with van der Waals surface area (Å²) in [5.74, 6) is -2.87. The molecule has 0 fully saturated rings. The van der Waals surface area contributed by atoms with Crippen LogP contribution < -0.4 is 10.6 Å². The molecule has 7 heteroatoms. The number of carboxylic acid groups (broad SMARTS) is 1. The van der Waals surface area contributed by atoms with E-state index in [1.165, 1.54) is 25.1 Å². The van der Waals surface area contributed by atoms with Crippen molar-refractivity contribution in [3.8, 4) is 0 Å². The highest BCUT2D eigenvalue weighted by Gasteiger charge is 2.26. The van der Waals surface area contributed by atoms with Crippen molar-refractivity contribution in [2.75, 3.05) is 0 Å². The minimum Gasteiger partial charge on any atom is -0.480 e. The lowest BCUT2D eigenvalue weighted by molar-refractivity contribution is -0.142. The van der Waals surface area contributed by atoms with E-state index in [2.05, 4.69) is 10.6 Å². The van der Waals surface area contributed by atoms with Gasteiger partial charge in [0.05, 0.1) is 0 Å². The number of nitrogens with one attached hydrogen (secondary N) is 2. The quantitative estimate of drug-likeness (QED) is 0.605.